The third kappa shape index (κ3) is 2.18. The molecule has 0 bridgehead atoms. The Kier molecular flexibility index (Phi) is 3.20. The molecule has 86 valence electrons. The smallest absolute Gasteiger partial charge is 0.148 e. The number of aromatic nitrogens is 2. The first kappa shape index (κ1) is 11.3. The molecule has 0 fully saturated rings. The van der Waals surface area contributed by atoms with Crippen molar-refractivity contribution in [1.82, 2.24) is 9.55 Å². The second kappa shape index (κ2) is 4.79. The van der Waals surface area contributed by atoms with Crippen molar-refractivity contribution >= 4 is 0 Å². The predicted octanol–water partition coefficient (Wildman–Crippen LogP) is 2.84. The molecule has 3 nitrogen and oxygen atoms in total. The van der Waals surface area contributed by atoms with Crippen LogP contribution >= 0.6 is 0 Å². The zero-order chi connectivity index (χ0) is 12.3. The highest BCUT2D eigenvalue weighted by atomic mass is 19.1. The molecule has 0 amide bonds. The van der Waals surface area contributed by atoms with E-state index in [0.29, 0.717) is 11.3 Å². The van der Waals surface area contributed by atoms with Gasteiger partial charge in [-0.25, -0.2) is 9.37 Å². The lowest BCUT2D eigenvalue weighted by Crippen LogP contribution is -2.02. The van der Waals surface area contributed by atoms with Gasteiger partial charge in [0.15, 0.2) is 0 Å². The summed E-state index contributed by atoms with van der Waals surface area (Å²) in [5, 5.41) is 8.69. The number of hydrogen-bond donors (Lipinski definition) is 0. The Morgan fingerprint density at radius 2 is 2.29 bits per heavy atom. The second-order valence-electron chi connectivity index (χ2n) is 3.74. The van der Waals surface area contributed by atoms with Crippen molar-refractivity contribution in [3.63, 3.8) is 0 Å². The van der Waals surface area contributed by atoms with E-state index in [-0.39, 0.29) is 0 Å². The Labute approximate surface area is 99.1 Å². The molecule has 2 rings (SSSR count). The van der Waals surface area contributed by atoms with Crippen LogP contribution in [0.15, 0.2) is 30.6 Å². The fourth-order valence-electron chi connectivity index (χ4n) is 1.73. The van der Waals surface area contributed by atoms with Crippen LogP contribution in [-0.2, 0) is 6.42 Å². The monoisotopic (exact) mass is 229 g/mol. The highest BCUT2D eigenvalue weighted by Gasteiger charge is 2.09. The van der Waals surface area contributed by atoms with Gasteiger partial charge in [0.2, 0.25) is 0 Å². The number of halogens is 1. The van der Waals surface area contributed by atoms with Crippen molar-refractivity contribution in [2.45, 2.75) is 19.8 Å². The Morgan fingerprint density at radius 3 is 2.94 bits per heavy atom. The van der Waals surface area contributed by atoms with Crippen LogP contribution in [0.3, 0.4) is 0 Å². The number of imidazole rings is 1. The fraction of sp³-hybridized carbons (Fsp3) is 0.231. The first-order valence-corrected chi connectivity index (χ1v) is 5.48. The molecule has 0 atom stereocenters. The summed E-state index contributed by atoms with van der Waals surface area (Å²) in [6, 6.07) is 6.37. The molecule has 2 aromatic rings. The minimum Gasteiger partial charge on any atom is -0.301 e. The van der Waals surface area contributed by atoms with E-state index in [4.69, 9.17) is 5.26 Å². The van der Waals surface area contributed by atoms with E-state index in [1.165, 1.54) is 6.07 Å². The lowest BCUT2D eigenvalue weighted by Gasteiger charge is -2.08. The number of nitriles is 1. The maximum atomic E-state index is 13.8. The van der Waals surface area contributed by atoms with E-state index < -0.39 is 5.82 Å². The van der Waals surface area contributed by atoms with Crippen LogP contribution in [0.4, 0.5) is 4.39 Å². The molecule has 0 aliphatic carbocycles. The molecule has 0 N–H and O–H groups in total. The van der Waals surface area contributed by atoms with Crippen molar-refractivity contribution in [3.8, 4) is 11.8 Å². The quantitative estimate of drug-likeness (QED) is 0.812. The molecule has 0 aliphatic rings. The van der Waals surface area contributed by atoms with Gasteiger partial charge >= 0.3 is 0 Å². The highest BCUT2D eigenvalue weighted by Crippen LogP contribution is 2.17. The Balaban J connectivity index is 2.46. The zero-order valence-electron chi connectivity index (χ0n) is 9.52. The fourth-order valence-corrected chi connectivity index (χ4v) is 1.73. The van der Waals surface area contributed by atoms with E-state index >= 15 is 0 Å². The molecule has 4 heteroatoms. The van der Waals surface area contributed by atoms with Crippen molar-refractivity contribution in [3.05, 3.63) is 47.8 Å². The van der Waals surface area contributed by atoms with Gasteiger partial charge in [0, 0.05) is 18.8 Å². The molecule has 17 heavy (non-hydrogen) atoms. The Bertz CT molecular complexity index is 566. The van der Waals surface area contributed by atoms with Gasteiger partial charge < -0.3 is 4.57 Å². The molecule has 0 radical (unpaired) electrons. The maximum absolute atomic E-state index is 13.8. The summed E-state index contributed by atoms with van der Waals surface area (Å²) < 4.78 is 15.5. The Hall–Kier alpha value is -2.15. The van der Waals surface area contributed by atoms with Gasteiger partial charge in [0.1, 0.15) is 11.6 Å². The van der Waals surface area contributed by atoms with Crippen molar-refractivity contribution in [2.75, 3.05) is 0 Å². The zero-order valence-corrected chi connectivity index (χ0v) is 9.52. The second-order valence-corrected chi connectivity index (χ2v) is 3.74. The van der Waals surface area contributed by atoms with Gasteiger partial charge in [-0.15, -0.1) is 0 Å². The van der Waals surface area contributed by atoms with Crippen LogP contribution in [0.2, 0.25) is 0 Å². The van der Waals surface area contributed by atoms with Gasteiger partial charge in [-0.2, -0.15) is 5.26 Å². The number of rotatable bonds is 3. The first-order chi connectivity index (χ1) is 8.26. The minimum absolute atomic E-state index is 0.323. The van der Waals surface area contributed by atoms with Crippen molar-refractivity contribution < 1.29 is 4.39 Å². The number of benzene rings is 1. The average Bonchev–Trinajstić information content (AvgIpc) is 2.77. The number of aryl methyl sites for hydroxylation is 1. The summed E-state index contributed by atoms with van der Waals surface area (Å²) >= 11 is 0. The summed E-state index contributed by atoms with van der Waals surface area (Å²) in [6.07, 6.45) is 5.14. The largest absolute Gasteiger partial charge is 0.301 e. The summed E-state index contributed by atoms with van der Waals surface area (Å²) in [5.41, 5.74) is 0.758. The maximum Gasteiger partial charge on any atom is 0.148 e. The normalized spacial score (nSPS) is 10.2. The van der Waals surface area contributed by atoms with Gasteiger partial charge in [0.05, 0.1) is 17.3 Å². The van der Waals surface area contributed by atoms with E-state index in [0.717, 1.165) is 18.7 Å². The van der Waals surface area contributed by atoms with E-state index in [1.54, 1.807) is 29.1 Å². The van der Waals surface area contributed by atoms with Crippen LogP contribution < -0.4 is 0 Å². The van der Waals surface area contributed by atoms with Gasteiger partial charge in [0.25, 0.3) is 0 Å². The predicted molar refractivity (Wildman–Crippen MR) is 62.2 cm³/mol. The lowest BCUT2D eigenvalue weighted by atomic mass is 10.2. The molecule has 0 unspecified atom stereocenters. The van der Waals surface area contributed by atoms with Crippen LogP contribution in [-0.4, -0.2) is 9.55 Å². The van der Waals surface area contributed by atoms with Crippen LogP contribution in [0.1, 0.15) is 24.7 Å². The van der Waals surface area contributed by atoms with Crippen LogP contribution in [0, 0.1) is 17.1 Å². The molecular formula is C13H12FN3. The first-order valence-electron chi connectivity index (χ1n) is 5.48. The topological polar surface area (TPSA) is 41.6 Å². The standard InChI is InChI=1S/C13H12FN3/c1-2-3-13-16-6-7-17(13)12-5-4-10(9-15)8-11(12)14/h4-8H,2-3H2,1H3. The van der Waals surface area contributed by atoms with Crippen LogP contribution in [0.5, 0.6) is 0 Å². The van der Waals surface area contributed by atoms with Gasteiger partial charge in [-0.05, 0) is 24.6 Å². The van der Waals surface area contributed by atoms with Gasteiger partial charge in [-0.3, -0.25) is 0 Å². The molecule has 0 aliphatic heterocycles. The SMILES string of the molecule is CCCc1nccn1-c1ccc(C#N)cc1F. The summed E-state index contributed by atoms with van der Waals surface area (Å²) in [7, 11) is 0. The molecular weight excluding hydrogens is 217 g/mol. The lowest BCUT2D eigenvalue weighted by molar-refractivity contribution is 0.613. The molecule has 1 aromatic heterocycles. The molecule has 0 saturated carbocycles. The molecule has 1 aromatic carbocycles. The van der Waals surface area contributed by atoms with Crippen molar-refractivity contribution in [1.29, 1.82) is 5.26 Å². The summed E-state index contributed by atoms with van der Waals surface area (Å²) in [4.78, 5) is 4.20. The third-order valence-corrected chi connectivity index (χ3v) is 2.53. The van der Waals surface area contributed by atoms with E-state index in [9.17, 15) is 4.39 Å². The van der Waals surface area contributed by atoms with Gasteiger partial charge in [-0.1, -0.05) is 6.92 Å². The summed E-state index contributed by atoms with van der Waals surface area (Å²) in [6.45, 7) is 2.05. The number of nitrogens with zero attached hydrogens (tertiary/aromatic N) is 3. The average molecular weight is 229 g/mol. The van der Waals surface area contributed by atoms with Crippen LogP contribution in [0.25, 0.3) is 5.69 Å². The highest BCUT2D eigenvalue weighted by molar-refractivity contribution is 5.41. The third-order valence-electron chi connectivity index (χ3n) is 2.53. The van der Waals surface area contributed by atoms with E-state index in [1.807, 2.05) is 13.0 Å². The molecule has 0 saturated heterocycles. The molecule has 1 heterocycles. The Morgan fingerprint density at radius 1 is 1.47 bits per heavy atom. The number of hydrogen-bond acceptors (Lipinski definition) is 2. The minimum atomic E-state index is -0.403. The van der Waals surface area contributed by atoms with Crippen molar-refractivity contribution in [2.24, 2.45) is 0 Å². The molecule has 0 spiro atoms. The van der Waals surface area contributed by atoms with E-state index in [2.05, 4.69) is 4.98 Å². The summed E-state index contributed by atoms with van der Waals surface area (Å²) in [5.74, 6) is 0.426.